The van der Waals surface area contributed by atoms with E-state index in [1.54, 1.807) is 0 Å². The third-order valence-corrected chi connectivity index (χ3v) is 12.9. The Morgan fingerprint density at radius 1 is 1.03 bits per heavy atom. The molecule has 2 bridgehead atoms. The zero-order valence-corrected chi connectivity index (χ0v) is 22.0. The Bertz CT molecular complexity index is 986. The van der Waals surface area contributed by atoms with Gasteiger partial charge in [0, 0.05) is 17.8 Å². The minimum atomic E-state index is -1.49. The minimum absolute atomic E-state index is 0.0466. The molecule has 6 heteroatoms. The van der Waals surface area contributed by atoms with E-state index in [0.29, 0.717) is 31.8 Å². The number of fused-ring (bicyclic) bond motifs is 6. The second-order valence-corrected chi connectivity index (χ2v) is 14.5. The Balaban J connectivity index is 1.46. The number of carbonyl (C=O) groups is 1. The van der Waals surface area contributed by atoms with Crippen LogP contribution in [-0.4, -0.2) is 50.5 Å². The fourth-order valence-corrected chi connectivity index (χ4v) is 11.1. The van der Waals surface area contributed by atoms with Crippen molar-refractivity contribution in [3.63, 3.8) is 0 Å². The molecule has 6 nitrogen and oxygen atoms in total. The van der Waals surface area contributed by atoms with Crippen molar-refractivity contribution in [3.05, 3.63) is 11.6 Å². The maximum atomic E-state index is 12.8. The Kier molecular flexibility index (Phi) is 4.82. The number of carboxylic acid groups (broad SMARTS) is 1. The van der Waals surface area contributed by atoms with E-state index in [0.717, 1.165) is 32.1 Å². The molecule has 4 saturated carbocycles. The van der Waals surface area contributed by atoms with Gasteiger partial charge in [-0.25, -0.2) is 0 Å². The van der Waals surface area contributed by atoms with Gasteiger partial charge in [0.1, 0.15) is 6.10 Å². The molecule has 5 aliphatic carbocycles. The van der Waals surface area contributed by atoms with Crippen LogP contribution in [0.2, 0.25) is 0 Å². The highest BCUT2D eigenvalue weighted by atomic mass is 16.6. The molecule has 0 radical (unpaired) electrons. The number of hydrogen-bond acceptors (Lipinski definition) is 5. The molecular formula is C29H44O6. The summed E-state index contributed by atoms with van der Waals surface area (Å²) in [6, 6.07) is 0. The molecule has 1 heterocycles. The average Bonchev–Trinajstić information content (AvgIpc) is 3.10. The number of aliphatic hydroxyl groups is 3. The van der Waals surface area contributed by atoms with Crippen molar-refractivity contribution in [2.24, 2.45) is 51.2 Å². The number of rotatable bonds is 1. The minimum Gasteiger partial charge on any atom is -0.481 e. The Morgan fingerprint density at radius 3 is 2.40 bits per heavy atom. The van der Waals surface area contributed by atoms with E-state index in [9.17, 15) is 25.2 Å². The van der Waals surface area contributed by atoms with Gasteiger partial charge in [0.2, 0.25) is 0 Å². The van der Waals surface area contributed by atoms with Crippen LogP contribution in [0.5, 0.6) is 0 Å². The van der Waals surface area contributed by atoms with E-state index in [-0.39, 0.29) is 34.5 Å². The lowest BCUT2D eigenvalue weighted by Crippen LogP contribution is -2.67. The predicted molar refractivity (Wildman–Crippen MR) is 130 cm³/mol. The molecule has 0 aromatic rings. The summed E-state index contributed by atoms with van der Waals surface area (Å²) in [5.41, 5.74) is -1.43. The topological polar surface area (TPSA) is 107 Å². The van der Waals surface area contributed by atoms with E-state index in [1.165, 1.54) is 5.57 Å². The van der Waals surface area contributed by atoms with Crippen LogP contribution in [0.4, 0.5) is 0 Å². The van der Waals surface area contributed by atoms with E-state index < -0.39 is 34.3 Å². The molecule has 11 atom stereocenters. The highest BCUT2D eigenvalue weighted by Gasteiger charge is 2.74. The molecule has 0 unspecified atom stereocenters. The fraction of sp³-hybridized carbons (Fsp3) is 0.897. The van der Waals surface area contributed by atoms with Crippen molar-refractivity contribution in [1.29, 1.82) is 0 Å². The van der Waals surface area contributed by atoms with Gasteiger partial charge in [-0.3, -0.25) is 4.79 Å². The molecule has 6 rings (SSSR count). The summed E-state index contributed by atoms with van der Waals surface area (Å²) >= 11 is 0. The van der Waals surface area contributed by atoms with Crippen LogP contribution in [0.1, 0.15) is 86.0 Å². The van der Waals surface area contributed by atoms with Crippen molar-refractivity contribution in [1.82, 2.24) is 0 Å². The third kappa shape index (κ3) is 2.68. The second kappa shape index (κ2) is 6.92. The van der Waals surface area contributed by atoms with Crippen molar-refractivity contribution >= 4 is 5.97 Å². The first kappa shape index (κ1) is 24.4. The number of carboxylic acids is 1. The van der Waals surface area contributed by atoms with Gasteiger partial charge in [-0.15, -0.1) is 0 Å². The molecule has 0 aromatic carbocycles. The standard InChI is InChI=1S/C29H44O6/c1-16-8-12-27(23(31)32)13-9-18-17(21(27)26(16,5)33)6-7-20-25(18,4)11-10-19-24(2,3)22(30)29(34)14-28(19,20)15-35-29/h6,16,18-22,30,33-34H,7-15H2,1-5H3,(H,31,32)/t16-,18-,19+,20+,21-,22-,25+,26-,27+,28-,29+/m1/s1. The monoisotopic (exact) mass is 488 g/mol. The van der Waals surface area contributed by atoms with Crippen LogP contribution in [-0.2, 0) is 9.53 Å². The number of ether oxygens (including phenoxy) is 1. The van der Waals surface area contributed by atoms with Crippen molar-refractivity contribution in [2.45, 2.75) is 103 Å². The highest BCUT2D eigenvalue weighted by molar-refractivity contribution is 5.77. The number of aliphatic hydroxyl groups excluding tert-OH is 1. The van der Waals surface area contributed by atoms with Gasteiger partial charge in [0.05, 0.1) is 17.6 Å². The van der Waals surface area contributed by atoms with Crippen LogP contribution in [0.3, 0.4) is 0 Å². The molecule has 5 fully saturated rings. The van der Waals surface area contributed by atoms with Crippen molar-refractivity contribution < 1.29 is 30.0 Å². The smallest absolute Gasteiger partial charge is 0.310 e. The first-order valence-corrected chi connectivity index (χ1v) is 13.9. The predicted octanol–water partition coefficient (Wildman–Crippen LogP) is 4.12. The van der Waals surface area contributed by atoms with Crippen LogP contribution in [0.25, 0.3) is 0 Å². The fourth-order valence-electron chi connectivity index (χ4n) is 11.1. The SMILES string of the molecule is C[C@@H]1CC[C@]2(C(=O)O)CC[C@@H]3C(=CC[C@H]4[C@@]3(C)CC[C@H]3C(C)(C)[C@@H](O)[C@]5(O)C[C@@]34CO5)[C@@H]2[C@]1(C)O. The lowest BCUT2D eigenvalue weighted by molar-refractivity contribution is -0.280. The van der Waals surface area contributed by atoms with Gasteiger partial charge in [0.15, 0.2) is 5.79 Å². The van der Waals surface area contributed by atoms with E-state index in [4.69, 9.17) is 4.74 Å². The molecular weight excluding hydrogens is 444 g/mol. The summed E-state index contributed by atoms with van der Waals surface area (Å²) in [5.74, 6) is -1.75. The average molecular weight is 489 g/mol. The van der Waals surface area contributed by atoms with Crippen LogP contribution in [0.15, 0.2) is 11.6 Å². The van der Waals surface area contributed by atoms with Gasteiger partial charge in [0.25, 0.3) is 0 Å². The third-order valence-electron chi connectivity index (χ3n) is 12.9. The number of aliphatic carboxylic acids is 1. The molecule has 196 valence electrons. The first-order chi connectivity index (χ1) is 16.2. The summed E-state index contributed by atoms with van der Waals surface area (Å²) in [5, 5.41) is 44.7. The van der Waals surface area contributed by atoms with Gasteiger partial charge >= 0.3 is 5.97 Å². The number of hydrogen-bond donors (Lipinski definition) is 4. The maximum absolute atomic E-state index is 12.8. The molecule has 1 spiro atoms. The molecule has 0 amide bonds. The largest absolute Gasteiger partial charge is 0.481 e. The summed E-state index contributed by atoms with van der Waals surface area (Å²) < 4.78 is 6.05. The summed E-state index contributed by atoms with van der Waals surface area (Å²) in [4.78, 5) is 12.8. The van der Waals surface area contributed by atoms with Crippen molar-refractivity contribution in [3.8, 4) is 0 Å². The maximum Gasteiger partial charge on any atom is 0.310 e. The van der Waals surface area contributed by atoms with E-state index in [1.807, 2.05) is 6.92 Å². The molecule has 1 aliphatic heterocycles. The summed E-state index contributed by atoms with van der Waals surface area (Å²) in [7, 11) is 0. The van der Waals surface area contributed by atoms with Crippen LogP contribution >= 0.6 is 0 Å². The second-order valence-electron chi connectivity index (χ2n) is 14.5. The van der Waals surface area contributed by atoms with Gasteiger partial charge in [-0.1, -0.05) is 39.3 Å². The lowest BCUT2D eigenvalue weighted by atomic mass is 9.36. The Morgan fingerprint density at radius 2 is 1.71 bits per heavy atom. The molecule has 1 saturated heterocycles. The first-order valence-electron chi connectivity index (χ1n) is 13.9. The van der Waals surface area contributed by atoms with E-state index >= 15 is 0 Å². The van der Waals surface area contributed by atoms with E-state index in [2.05, 4.69) is 33.8 Å². The summed E-state index contributed by atoms with van der Waals surface area (Å²) in [6.45, 7) is 11.0. The molecule has 0 aromatic heterocycles. The number of allylic oxidation sites excluding steroid dienone is 1. The normalized spacial score (nSPS) is 58.3. The Hall–Kier alpha value is -0.950. The van der Waals surface area contributed by atoms with Gasteiger partial charge in [-0.05, 0) is 86.4 Å². The van der Waals surface area contributed by atoms with Gasteiger partial charge in [-0.2, -0.15) is 0 Å². The van der Waals surface area contributed by atoms with Crippen LogP contribution < -0.4 is 0 Å². The van der Waals surface area contributed by atoms with Crippen molar-refractivity contribution in [2.75, 3.05) is 6.61 Å². The summed E-state index contributed by atoms with van der Waals surface area (Å²) in [6.07, 6.45) is 7.51. The molecule has 4 N–H and O–H groups in total. The Labute approximate surface area is 209 Å². The highest BCUT2D eigenvalue weighted by Crippen LogP contribution is 2.74. The molecule has 6 aliphatic rings. The lowest BCUT2D eigenvalue weighted by Gasteiger charge is -2.68. The van der Waals surface area contributed by atoms with Crippen LogP contribution in [0, 0.1) is 51.2 Å². The molecule has 35 heavy (non-hydrogen) atoms. The zero-order valence-electron chi connectivity index (χ0n) is 22.0. The quantitative estimate of drug-likeness (QED) is 0.414. The van der Waals surface area contributed by atoms with Gasteiger partial charge < -0.3 is 25.2 Å². The zero-order chi connectivity index (χ0) is 25.4.